The van der Waals surface area contributed by atoms with Gasteiger partial charge in [0.1, 0.15) is 0 Å². The summed E-state index contributed by atoms with van der Waals surface area (Å²) >= 11 is 0. The first-order valence-corrected chi connectivity index (χ1v) is 8.17. The monoisotopic (exact) mass is 331 g/mol. The van der Waals surface area contributed by atoms with Gasteiger partial charge in [-0.05, 0) is 49.2 Å². The Balaban J connectivity index is 1.84. The van der Waals surface area contributed by atoms with Crippen molar-refractivity contribution in [3.05, 3.63) is 83.7 Å². The van der Waals surface area contributed by atoms with Gasteiger partial charge in [0.05, 0.1) is 17.4 Å². The van der Waals surface area contributed by atoms with Crippen molar-refractivity contribution in [1.29, 1.82) is 0 Å². The molecule has 1 aromatic heterocycles. The van der Waals surface area contributed by atoms with Gasteiger partial charge in [0.2, 0.25) is 0 Å². The molecule has 3 rings (SSSR count). The van der Waals surface area contributed by atoms with Crippen LogP contribution in [0.25, 0.3) is 0 Å². The molecule has 2 aromatic carbocycles. The van der Waals surface area contributed by atoms with E-state index in [0.29, 0.717) is 5.56 Å². The molecule has 126 valence electrons. The predicted octanol–water partition coefficient (Wildman–Crippen LogP) is 4.72. The number of para-hydroxylation sites is 1. The van der Waals surface area contributed by atoms with Crippen LogP contribution < -0.4 is 10.2 Å². The molecule has 0 aliphatic rings. The quantitative estimate of drug-likeness (QED) is 0.752. The summed E-state index contributed by atoms with van der Waals surface area (Å²) in [4.78, 5) is 18.6. The number of aryl methyl sites for hydroxylation is 1. The van der Waals surface area contributed by atoms with Gasteiger partial charge in [-0.2, -0.15) is 0 Å². The Kier molecular flexibility index (Phi) is 4.80. The lowest BCUT2D eigenvalue weighted by Gasteiger charge is -2.18. The molecule has 1 amide bonds. The van der Waals surface area contributed by atoms with Crippen LogP contribution in [0, 0.1) is 13.8 Å². The summed E-state index contributed by atoms with van der Waals surface area (Å²) in [6.07, 6.45) is 3.32. The maximum absolute atomic E-state index is 12.7. The summed E-state index contributed by atoms with van der Waals surface area (Å²) in [6, 6.07) is 17.5. The van der Waals surface area contributed by atoms with Crippen molar-refractivity contribution >= 4 is 23.0 Å². The Morgan fingerprint density at radius 1 is 1.00 bits per heavy atom. The summed E-state index contributed by atoms with van der Waals surface area (Å²) < 4.78 is 0. The molecule has 25 heavy (non-hydrogen) atoms. The number of hydrogen-bond donors (Lipinski definition) is 1. The van der Waals surface area contributed by atoms with Crippen molar-refractivity contribution < 1.29 is 4.79 Å². The summed E-state index contributed by atoms with van der Waals surface area (Å²) in [5, 5.41) is 3.35. The number of aromatic nitrogens is 1. The molecule has 4 nitrogen and oxygen atoms in total. The zero-order valence-corrected chi connectivity index (χ0v) is 14.7. The number of carbonyl (C=O) groups is 1. The Morgan fingerprint density at radius 2 is 1.76 bits per heavy atom. The summed E-state index contributed by atoms with van der Waals surface area (Å²) in [7, 11) is 1.77. The second kappa shape index (κ2) is 7.18. The van der Waals surface area contributed by atoms with Gasteiger partial charge >= 0.3 is 0 Å². The van der Waals surface area contributed by atoms with Crippen LogP contribution >= 0.6 is 0 Å². The van der Waals surface area contributed by atoms with Crippen LogP contribution in [0.1, 0.15) is 21.5 Å². The predicted molar refractivity (Wildman–Crippen MR) is 103 cm³/mol. The largest absolute Gasteiger partial charge is 0.354 e. The van der Waals surface area contributed by atoms with Crippen LogP contribution in [0.4, 0.5) is 17.1 Å². The van der Waals surface area contributed by atoms with Crippen molar-refractivity contribution in [3.8, 4) is 0 Å². The lowest BCUT2D eigenvalue weighted by molar-refractivity contribution is 0.0992. The van der Waals surface area contributed by atoms with E-state index >= 15 is 0 Å². The Bertz CT molecular complexity index is 891. The Morgan fingerprint density at radius 3 is 2.52 bits per heavy atom. The molecule has 1 heterocycles. The van der Waals surface area contributed by atoms with E-state index in [1.54, 1.807) is 24.3 Å². The molecular formula is C21H21N3O. The molecule has 0 unspecified atom stereocenters. The molecule has 0 spiro atoms. The Labute approximate surface area is 148 Å². The first-order valence-electron chi connectivity index (χ1n) is 8.17. The van der Waals surface area contributed by atoms with Gasteiger partial charge in [0, 0.05) is 24.6 Å². The molecule has 4 heteroatoms. The number of amides is 1. The highest BCUT2D eigenvalue weighted by molar-refractivity contribution is 6.06. The van der Waals surface area contributed by atoms with E-state index in [1.807, 2.05) is 48.5 Å². The van der Waals surface area contributed by atoms with Crippen LogP contribution in [0.5, 0.6) is 0 Å². The third-order valence-electron chi connectivity index (χ3n) is 4.32. The molecule has 0 atom stereocenters. The summed E-state index contributed by atoms with van der Waals surface area (Å²) in [6.45, 7) is 4.15. The fourth-order valence-electron chi connectivity index (χ4n) is 2.63. The average Bonchev–Trinajstić information content (AvgIpc) is 2.65. The van der Waals surface area contributed by atoms with Gasteiger partial charge in [-0.1, -0.05) is 30.3 Å². The standard InChI is InChI=1S/C21H21N3O/c1-15-8-7-11-20(16(15)2)23-18-12-17(13-22-14-18)21(25)24(3)19-9-5-4-6-10-19/h4-14,23H,1-3H3. The number of benzene rings is 2. The van der Waals surface area contributed by atoms with Gasteiger partial charge in [-0.3, -0.25) is 9.78 Å². The Hall–Kier alpha value is -3.14. The summed E-state index contributed by atoms with van der Waals surface area (Å²) in [5.41, 5.74) is 5.60. The molecule has 3 aromatic rings. The molecule has 0 aliphatic heterocycles. The van der Waals surface area contributed by atoms with Crippen molar-refractivity contribution in [3.63, 3.8) is 0 Å². The van der Waals surface area contributed by atoms with E-state index in [1.165, 1.54) is 11.1 Å². The van der Waals surface area contributed by atoms with Crippen molar-refractivity contribution in [1.82, 2.24) is 4.98 Å². The molecule has 0 aliphatic carbocycles. The minimum Gasteiger partial charge on any atom is -0.354 e. The zero-order chi connectivity index (χ0) is 17.8. The second-order valence-corrected chi connectivity index (χ2v) is 6.03. The molecule has 0 saturated heterocycles. The third-order valence-corrected chi connectivity index (χ3v) is 4.32. The topological polar surface area (TPSA) is 45.2 Å². The van der Waals surface area contributed by atoms with Gasteiger partial charge in [0.25, 0.3) is 5.91 Å². The normalized spacial score (nSPS) is 10.4. The van der Waals surface area contributed by atoms with Crippen LogP contribution in [-0.4, -0.2) is 17.9 Å². The van der Waals surface area contributed by atoms with Crippen molar-refractivity contribution in [2.75, 3.05) is 17.3 Å². The number of hydrogen-bond acceptors (Lipinski definition) is 3. The highest BCUT2D eigenvalue weighted by Crippen LogP contribution is 2.23. The van der Waals surface area contributed by atoms with E-state index in [0.717, 1.165) is 17.1 Å². The van der Waals surface area contributed by atoms with E-state index in [-0.39, 0.29) is 5.91 Å². The number of carbonyl (C=O) groups excluding carboxylic acids is 1. The average molecular weight is 331 g/mol. The first-order chi connectivity index (χ1) is 12.1. The highest BCUT2D eigenvalue weighted by Gasteiger charge is 2.14. The highest BCUT2D eigenvalue weighted by atomic mass is 16.2. The van der Waals surface area contributed by atoms with Crippen LogP contribution in [0.15, 0.2) is 67.0 Å². The minimum absolute atomic E-state index is 0.0942. The van der Waals surface area contributed by atoms with Crippen molar-refractivity contribution in [2.45, 2.75) is 13.8 Å². The van der Waals surface area contributed by atoms with E-state index in [2.05, 4.69) is 30.2 Å². The molecule has 0 saturated carbocycles. The van der Waals surface area contributed by atoms with Crippen LogP contribution in [0.3, 0.4) is 0 Å². The van der Waals surface area contributed by atoms with Crippen molar-refractivity contribution in [2.24, 2.45) is 0 Å². The van der Waals surface area contributed by atoms with E-state index < -0.39 is 0 Å². The maximum Gasteiger partial charge on any atom is 0.259 e. The number of nitrogens with one attached hydrogen (secondary N) is 1. The second-order valence-electron chi connectivity index (χ2n) is 6.03. The smallest absolute Gasteiger partial charge is 0.259 e. The first kappa shape index (κ1) is 16.7. The van der Waals surface area contributed by atoms with E-state index in [4.69, 9.17) is 0 Å². The fraction of sp³-hybridized carbons (Fsp3) is 0.143. The lowest BCUT2D eigenvalue weighted by Crippen LogP contribution is -2.26. The molecular weight excluding hydrogens is 310 g/mol. The zero-order valence-electron chi connectivity index (χ0n) is 14.7. The minimum atomic E-state index is -0.0942. The van der Waals surface area contributed by atoms with Gasteiger partial charge in [0.15, 0.2) is 0 Å². The fourth-order valence-corrected chi connectivity index (χ4v) is 2.63. The lowest BCUT2D eigenvalue weighted by atomic mass is 10.1. The number of rotatable bonds is 4. The van der Waals surface area contributed by atoms with E-state index in [9.17, 15) is 4.79 Å². The van der Waals surface area contributed by atoms with Gasteiger partial charge in [-0.15, -0.1) is 0 Å². The molecule has 0 radical (unpaired) electrons. The maximum atomic E-state index is 12.7. The van der Waals surface area contributed by atoms with Crippen LogP contribution in [-0.2, 0) is 0 Å². The number of nitrogens with zero attached hydrogens (tertiary/aromatic N) is 2. The van der Waals surface area contributed by atoms with Gasteiger partial charge < -0.3 is 10.2 Å². The number of anilines is 3. The summed E-state index contributed by atoms with van der Waals surface area (Å²) in [5.74, 6) is -0.0942. The SMILES string of the molecule is Cc1cccc(Nc2cncc(C(=O)N(C)c3ccccc3)c2)c1C. The molecule has 1 N–H and O–H groups in total. The third kappa shape index (κ3) is 3.69. The van der Waals surface area contributed by atoms with Crippen LogP contribution in [0.2, 0.25) is 0 Å². The molecule has 0 fully saturated rings. The van der Waals surface area contributed by atoms with Gasteiger partial charge in [-0.25, -0.2) is 0 Å². The number of pyridine rings is 1. The molecule has 0 bridgehead atoms.